The van der Waals surface area contributed by atoms with Crippen LogP contribution in [0.5, 0.6) is 0 Å². The van der Waals surface area contributed by atoms with Crippen LogP contribution in [0.15, 0.2) is 0 Å². The van der Waals surface area contributed by atoms with E-state index in [4.69, 9.17) is 5.73 Å². The Morgan fingerprint density at radius 3 is 3.00 bits per heavy atom. The lowest BCUT2D eigenvalue weighted by atomic mass is 10.0. The van der Waals surface area contributed by atoms with Crippen molar-refractivity contribution in [3.8, 4) is 0 Å². The first-order chi connectivity index (χ1) is 7.84. The Morgan fingerprint density at radius 1 is 1.25 bits per heavy atom. The summed E-state index contributed by atoms with van der Waals surface area (Å²) < 4.78 is 2.23. The zero-order valence-corrected chi connectivity index (χ0v) is 9.52. The summed E-state index contributed by atoms with van der Waals surface area (Å²) in [6.07, 6.45) is 5.74. The molecule has 88 valence electrons. The molecule has 0 amide bonds. The molecule has 1 aromatic heterocycles. The van der Waals surface area contributed by atoms with Crippen LogP contribution in [0.3, 0.4) is 0 Å². The van der Waals surface area contributed by atoms with Gasteiger partial charge in [-0.25, -0.2) is 0 Å². The number of piperidine rings is 1. The van der Waals surface area contributed by atoms with Gasteiger partial charge < -0.3 is 15.6 Å². The average Bonchev–Trinajstić information content (AvgIpc) is 2.73. The summed E-state index contributed by atoms with van der Waals surface area (Å²) in [5.74, 6) is 2.22. The highest BCUT2D eigenvalue weighted by atomic mass is 15.3. The molecule has 5 nitrogen and oxygen atoms in total. The molecule has 3 N–H and O–H groups in total. The molecule has 0 radical (unpaired) electrons. The maximum atomic E-state index is 6.01. The maximum absolute atomic E-state index is 6.01. The van der Waals surface area contributed by atoms with Crippen molar-refractivity contribution in [2.45, 2.75) is 50.7 Å². The van der Waals surface area contributed by atoms with Crippen molar-refractivity contribution in [3.05, 3.63) is 11.6 Å². The molecule has 3 heterocycles. The van der Waals surface area contributed by atoms with Gasteiger partial charge in [0.2, 0.25) is 0 Å². The summed E-state index contributed by atoms with van der Waals surface area (Å²) in [5, 5.41) is 12.2. The largest absolute Gasteiger partial charge is 0.326 e. The van der Waals surface area contributed by atoms with E-state index in [-0.39, 0.29) is 6.04 Å². The Hall–Kier alpha value is -0.940. The minimum Gasteiger partial charge on any atom is -0.326 e. The highest BCUT2D eigenvalue weighted by Crippen LogP contribution is 2.24. The molecule has 3 rings (SSSR count). The van der Waals surface area contributed by atoms with Crippen LogP contribution >= 0.6 is 0 Å². The molecule has 0 spiro atoms. The van der Waals surface area contributed by atoms with E-state index in [9.17, 15) is 0 Å². The first-order valence-electron chi connectivity index (χ1n) is 6.25. The lowest BCUT2D eigenvalue weighted by molar-refractivity contribution is 0.366. The third kappa shape index (κ3) is 1.74. The molecule has 1 saturated heterocycles. The van der Waals surface area contributed by atoms with Gasteiger partial charge in [-0.1, -0.05) is 6.42 Å². The predicted octanol–water partition coefficient (Wildman–Crippen LogP) is 0.366. The predicted molar refractivity (Wildman–Crippen MR) is 60.9 cm³/mol. The summed E-state index contributed by atoms with van der Waals surface area (Å²) in [7, 11) is 0. The van der Waals surface area contributed by atoms with E-state index in [2.05, 4.69) is 20.1 Å². The summed E-state index contributed by atoms with van der Waals surface area (Å²) in [6.45, 7) is 1.98. The second kappa shape index (κ2) is 4.14. The summed E-state index contributed by atoms with van der Waals surface area (Å²) in [4.78, 5) is 0. The number of hydrogen-bond acceptors (Lipinski definition) is 4. The molecule has 0 bridgehead atoms. The Bertz CT molecular complexity index is 366. The van der Waals surface area contributed by atoms with Gasteiger partial charge in [0, 0.05) is 19.0 Å². The number of nitrogens with zero attached hydrogens (tertiary/aromatic N) is 3. The smallest absolute Gasteiger partial charge is 0.150 e. The lowest BCUT2D eigenvalue weighted by Crippen LogP contribution is -2.35. The third-order valence-electron chi connectivity index (χ3n) is 3.63. The van der Waals surface area contributed by atoms with Gasteiger partial charge in [-0.05, 0) is 25.8 Å². The number of nitrogens with one attached hydrogen (secondary N) is 1. The lowest BCUT2D eigenvalue weighted by Gasteiger charge is -2.26. The molecule has 2 unspecified atom stereocenters. The zero-order chi connectivity index (χ0) is 11.0. The highest BCUT2D eigenvalue weighted by Gasteiger charge is 2.26. The van der Waals surface area contributed by atoms with E-state index in [0.29, 0.717) is 6.04 Å². The van der Waals surface area contributed by atoms with Crippen molar-refractivity contribution in [2.24, 2.45) is 5.73 Å². The first-order valence-corrected chi connectivity index (χ1v) is 6.25. The minimum atomic E-state index is 0.269. The third-order valence-corrected chi connectivity index (χ3v) is 3.63. The van der Waals surface area contributed by atoms with Gasteiger partial charge >= 0.3 is 0 Å². The molecule has 2 atom stereocenters. The molecule has 0 saturated carbocycles. The Labute approximate surface area is 95.4 Å². The van der Waals surface area contributed by atoms with Gasteiger partial charge in [-0.2, -0.15) is 0 Å². The highest BCUT2D eigenvalue weighted by molar-refractivity contribution is 5.05. The van der Waals surface area contributed by atoms with Crippen LogP contribution in [0.2, 0.25) is 0 Å². The fourth-order valence-electron chi connectivity index (χ4n) is 2.70. The van der Waals surface area contributed by atoms with Crippen LogP contribution in [0, 0.1) is 0 Å². The van der Waals surface area contributed by atoms with Gasteiger partial charge in [0.15, 0.2) is 0 Å². The van der Waals surface area contributed by atoms with Crippen LogP contribution in [-0.4, -0.2) is 27.4 Å². The molecule has 1 fully saturated rings. The van der Waals surface area contributed by atoms with E-state index < -0.39 is 0 Å². The molecule has 2 aliphatic heterocycles. The normalized spacial score (nSPS) is 30.1. The zero-order valence-electron chi connectivity index (χ0n) is 9.52. The number of nitrogens with two attached hydrogens (primary N) is 1. The van der Waals surface area contributed by atoms with Crippen molar-refractivity contribution in [1.29, 1.82) is 0 Å². The Morgan fingerprint density at radius 2 is 2.19 bits per heavy atom. The quantitative estimate of drug-likeness (QED) is 0.718. The second-order valence-electron chi connectivity index (χ2n) is 4.89. The van der Waals surface area contributed by atoms with Crippen molar-refractivity contribution in [3.63, 3.8) is 0 Å². The summed E-state index contributed by atoms with van der Waals surface area (Å²) >= 11 is 0. The standard InChI is InChI=1S/C11H19N5/c12-8-4-5-10-14-15-11(16(10)7-8)9-3-1-2-6-13-9/h8-9,13H,1-7,12H2. The monoisotopic (exact) mass is 221 g/mol. The van der Waals surface area contributed by atoms with Crippen LogP contribution in [0.25, 0.3) is 0 Å². The molecular formula is C11H19N5. The minimum absolute atomic E-state index is 0.269. The SMILES string of the molecule is NC1CCc2nnc(C3CCCCN3)n2C1. The number of hydrogen-bond donors (Lipinski definition) is 2. The van der Waals surface area contributed by atoms with Gasteiger partial charge in [0.1, 0.15) is 11.6 Å². The van der Waals surface area contributed by atoms with E-state index in [1.54, 1.807) is 0 Å². The van der Waals surface area contributed by atoms with Crippen molar-refractivity contribution >= 4 is 0 Å². The maximum Gasteiger partial charge on any atom is 0.150 e. The Balaban J connectivity index is 1.86. The summed E-state index contributed by atoms with van der Waals surface area (Å²) in [5.41, 5.74) is 6.01. The van der Waals surface area contributed by atoms with E-state index >= 15 is 0 Å². The molecule has 5 heteroatoms. The fourth-order valence-corrected chi connectivity index (χ4v) is 2.70. The van der Waals surface area contributed by atoms with Gasteiger partial charge in [0.25, 0.3) is 0 Å². The first kappa shape index (κ1) is 10.2. The van der Waals surface area contributed by atoms with Crippen LogP contribution in [0.1, 0.15) is 43.4 Å². The molecular weight excluding hydrogens is 202 g/mol. The molecule has 2 aliphatic rings. The van der Waals surface area contributed by atoms with E-state index in [1.807, 2.05) is 0 Å². The summed E-state index contributed by atoms with van der Waals surface area (Å²) in [6, 6.07) is 0.658. The number of aryl methyl sites for hydroxylation is 1. The van der Waals surface area contributed by atoms with Crippen molar-refractivity contribution < 1.29 is 0 Å². The van der Waals surface area contributed by atoms with Crippen molar-refractivity contribution in [1.82, 2.24) is 20.1 Å². The molecule has 16 heavy (non-hydrogen) atoms. The van der Waals surface area contributed by atoms with Crippen LogP contribution < -0.4 is 11.1 Å². The van der Waals surface area contributed by atoms with Crippen molar-refractivity contribution in [2.75, 3.05) is 6.54 Å². The topological polar surface area (TPSA) is 68.8 Å². The number of rotatable bonds is 1. The van der Waals surface area contributed by atoms with E-state index in [0.717, 1.165) is 37.6 Å². The second-order valence-corrected chi connectivity index (χ2v) is 4.89. The van der Waals surface area contributed by atoms with Gasteiger partial charge in [-0.3, -0.25) is 0 Å². The molecule has 0 aromatic carbocycles. The van der Waals surface area contributed by atoms with E-state index in [1.165, 1.54) is 19.3 Å². The average molecular weight is 221 g/mol. The number of fused-ring (bicyclic) bond motifs is 1. The van der Waals surface area contributed by atoms with Crippen LogP contribution in [0.4, 0.5) is 0 Å². The molecule has 1 aromatic rings. The van der Waals surface area contributed by atoms with Gasteiger partial charge in [0.05, 0.1) is 6.04 Å². The van der Waals surface area contributed by atoms with Gasteiger partial charge in [-0.15, -0.1) is 10.2 Å². The van der Waals surface area contributed by atoms with Crippen LogP contribution in [-0.2, 0) is 13.0 Å². The fraction of sp³-hybridized carbons (Fsp3) is 0.818. The Kier molecular flexibility index (Phi) is 2.65. The number of aromatic nitrogens is 3. The molecule has 0 aliphatic carbocycles.